The van der Waals surface area contributed by atoms with Crippen molar-refractivity contribution in [3.63, 3.8) is 0 Å². The fourth-order valence-electron chi connectivity index (χ4n) is 2.68. The molecule has 0 saturated heterocycles. The Balaban J connectivity index is 1.91. The molecule has 0 radical (unpaired) electrons. The molecule has 28 heavy (non-hydrogen) atoms. The first kappa shape index (κ1) is 19.3. The highest BCUT2D eigenvalue weighted by Crippen LogP contribution is 2.24. The number of nitrogens with one attached hydrogen (secondary N) is 2. The number of anilines is 4. The first-order valence-electron chi connectivity index (χ1n) is 9.12. The largest absolute Gasteiger partial charge is 0.365 e. The minimum absolute atomic E-state index is 0.132. The highest BCUT2D eigenvalue weighted by atomic mass is 16.1. The molecule has 0 aliphatic rings. The summed E-state index contributed by atoms with van der Waals surface area (Å²) in [5.74, 6) is 0.104. The predicted molar refractivity (Wildman–Crippen MR) is 110 cm³/mol. The minimum atomic E-state index is -0.594. The smallest absolute Gasteiger partial charge is 0.254 e. The summed E-state index contributed by atoms with van der Waals surface area (Å²) in [7, 11) is 0. The second-order valence-electron chi connectivity index (χ2n) is 7.43. The van der Waals surface area contributed by atoms with Gasteiger partial charge in [-0.2, -0.15) is 10.1 Å². The fourth-order valence-corrected chi connectivity index (χ4v) is 2.68. The molecule has 0 atom stereocenters. The Labute approximate surface area is 164 Å². The van der Waals surface area contributed by atoms with Crippen LogP contribution in [-0.4, -0.2) is 25.7 Å². The van der Waals surface area contributed by atoms with Crippen LogP contribution in [0.5, 0.6) is 0 Å². The lowest BCUT2D eigenvalue weighted by atomic mass is 10.1. The molecule has 8 heteroatoms. The van der Waals surface area contributed by atoms with Crippen molar-refractivity contribution in [2.45, 2.75) is 39.7 Å². The van der Waals surface area contributed by atoms with E-state index in [1.807, 2.05) is 35.1 Å². The zero-order valence-electron chi connectivity index (χ0n) is 16.5. The van der Waals surface area contributed by atoms with Gasteiger partial charge in [-0.15, -0.1) is 0 Å². The molecule has 2 aromatic heterocycles. The van der Waals surface area contributed by atoms with Crippen LogP contribution in [0, 0.1) is 0 Å². The molecule has 0 unspecified atom stereocenters. The number of hydrogen-bond donors (Lipinski definition) is 3. The van der Waals surface area contributed by atoms with Crippen LogP contribution in [0.1, 0.15) is 43.6 Å². The van der Waals surface area contributed by atoms with Gasteiger partial charge in [-0.05, 0) is 38.8 Å². The van der Waals surface area contributed by atoms with Crippen LogP contribution in [0.25, 0.3) is 0 Å². The quantitative estimate of drug-likeness (QED) is 0.604. The van der Waals surface area contributed by atoms with E-state index in [1.165, 1.54) is 6.20 Å². The van der Waals surface area contributed by atoms with Crippen molar-refractivity contribution in [1.82, 2.24) is 19.7 Å². The van der Waals surface area contributed by atoms with Gasteiger partial charge in [0.05, 0.1) is 17.4 Å². The molecule has 1 aromatic carbocycles. The second kappa shape index (κ2) is 7.67. The van der Waals surface area contributed by atoms with Crippen molar-refractivity contribution in [2.24, 2.45) is 5.73 Å². The van der Waals surface area contributed by atoms with Gasteiger partial charge in [0.2, 0.25) is 5.95 Å². The van der Waals surface area contributed by atoms with Gasteiger partial charge in [-0.3, -0.25) is 9.48 Å². The van der Waals surface area contributed by atoms with Gasteiger partial charge < -0.3 is 16.4 Å². The van der Waals surface area contributed by atoms with Crippen molar-refractivity contribution in [1.29, 1.82) is 0 Å². The van der Waals surface area contributed by atoms with E-state index in [4.69, 9.17) is 5.73 Å². The standard InChI is InChI=1S/C20H25N7O/c1-5-13-8-6-7-9-16(13)25-18-15(17(21)28)11-22-19(26-18)24-14-10-23-27(12-14)20(2,3)4/h6-12H,5H2,1-4H3,(H2,21,28)(H2,22,24,25,26). The lowest BCUT2D eigenvalue weighted by Gasteiger charge is -2.18. The second-order valence-corrected chi connectivity index (χ2v) is 7.43. The van der Waals surface area contributed by atoms with Crippen LogP contribution in [0.3, 0.4) is 0 Å². The van der Waals surface area contributed by atoms with Crippen LogP contribution >= 0.6 is 0 Å². The third-order valence-electron chi connectivity index (χ3n) is 4.23. The fraction of sp³-hybridized carbons (Fsp3) is 0.300. The highest BCUT2D eigenvalue weighted by molar-refractivity contribution is 5.98. The molecule has 0 saturated carbocycles. The summed E-state index contributed by atoms with van der Waals surface area (Å²) < 4.78 is 1.85. The van der Waals surface area contributed by atoms with Crippen molar-refractivity contribution >= 4 is 29.0 Å². The molecule has 2 heterocycles. The van der Waals surface area contributed by atoms with E-state index in [1.54, 1.807) is 6.20 Å². The molecule has 0 fully saturated rings. The highest BCUT2D eigenvalue weighted by Gasteiger charge is 2.16. The Morgan fingerprint density at radius 2 is 1.93 bits per heavy atom. The molecular formula is C20H25N7O. The van der Waals surface area contributed by atoms with E-state index in [0.717, 1.165) is 23.4 Å². The van der Waals surface area contributed by atoms with Crippen molar-refractivity contribution in [3.8, 4) is 0 Å². The van der Waals surface area contributed by atoms with E-state index in [-0.39, 0.29) is 11.1 Å². The Kier molecular flexibility index (Phi) is 5.30. The van der Waals surface area contributed by atoms with Crippen LogP contribution < -0.4 is 16.4 Å². The van der Waals surface area contributed by atoms with Crippen molar-refractivity contribution in [2.75, 3.05) is 10.6 Å². The molecule has 4 N–H and O–H groups in total. The van der Waals surface area contributed by atoms with Gasteiger partial charge in [-0.25, -0.2) is 4.98 Å². The first-order chi connectivity index (χ1) is 13.3. The molecule has 0 aliphatic carbocycles. The average molecular weight is 379 g/mol. The molecule has 3 rings (SSSR count). The number of carbonyl (C=O) groups is 1. The molecule has 0 spiro atoms. The van der Waals surface area contributed by atoms with Gasteiger partial charge in [0.1, 0.15) is 11.4 Å². The van der Waals surface area contributed by atoms with Gasteiger partial charge in [0, 0.05) is 18.1 Å². The monoisotopic (exact) mass is 379 g/mol. The Morgan fingerprint density at radius 3 is 2.57 bits per heavy atom. The molecule has 146 valence electrons. The number of amides is 1. The Hall–Kier alpha value is -3.42. The number of nitrogens with zero attached hydrogens (tertiary/aromatic N) is 4. The number of rotatable bonds is 6. The van der Waals surface area contributed by atoms with E-state index in [0.29, 0.717) is 11.8 Å². The summed E-state index contributed by atoms with van der Waals surface area (Å²) >= 11 is 0. The summed E-state index contributed by atoms with van der Waals surface area (Å²) in [4.78, 5) is 20.5. The number of carbonyl (C=O) groups excluding carboxylic acids is 1. The molecular weight excluding hydrogens is 354 g/mol. The van der Waals surface area contributed by atoms with Crippen molar-refractivity contribution < 1.29 is 4.79 Å². The van der Waals surface area contributed by atoms with Crippen molar-refractivity contribution in [3.05, 3.63) is 54.0 Å². The SMILES string of the molecule is CCc1ccccc1Nc1nc(Nc2cnn(C(C)(C)C)c2)ncc1C(N)=O. The zero-order valence-corrected chi connectivity index (χ0v) is 16.5. The molecule has 8 nitrogen and oxygen atoms in total. The topological polar surface area (TPSA) is 111 Å². The zero-order chi connectivity index (χ0) is 20.3. The molecule has 3 aromatic rings. The van der Waals surface area contributed by atoms with Crippen LogP contribution in [0.4, 0.5) is 23.1 Å². The van der Waals surface area contributed by atoms with Gasteiger partial charge in [0.25, 0.3) is 5.91 Å². The van der Waals surface area contributed by atoms with Crippen LogP contribution in [0.2, 0.25) is 0 Å². The van der Waals surface area contributed by atoms with E-state index < -0.39 is 5.91 Å². The minimum Gasteiger partial charge on any atom is -0.365 e. The Morgan fingerprint density at radius 1 is 1.18 bits per heavy atom. The summed E-state index contributed by atoms with van der Waals surface area (Å²) in [6.07, 6.45) is 5.85. The molecule has 0 bridgehead atoms. The van der Waals surface area contributed by atoms with Gasteiger partial charge in [0.15, 0.2) is 0 Å². The summed E-state index contributed by atoms with van der Waals surface area (Å²) in [5.41, 5.74) is 8.33. The maximum Gasteiger partial charge on any atom is 0.254 e. The predicted octanol–water partition coefficient (Wildman–Crippen LogP) is 3.58. The summed E-state index contributed by atoms with van der Waals surface area (Å²) in [5, 5.41) is 10.7. The van der Waals surface area contributed by atoms with Crippen LogP contribution in [0.15, 0.2) is 42.9 Å². The van der Waals surface area contributed by atoms with E-state index in [9.17, 15) is 4.79 Å². The number of hydrogen-bond acceptors (Lipinski definition) is 6. The lowest BCUT2D eigenvalue weighted by Crippen LogP contribution is -2.21. The maximum absolute atomic E-state index is 11.8. The number of aromatic nitrogens is 4. The van der Waals surface area contributed by atoms with Gasteiger partial charge >= 0.3 is 0 Å². The third-order valence-corrected chi connectivity index (χ3v) is 4.23. The van der Waals surface area contributed by atoms with Crippen LogP contribution in [-0.2, 0) is 12.0 Å². The average Bonchev–Trinajstić information content (AvgIpc) is 3.11. The molecule has 1 amide bonds. The number of para-hydroxylation sites is 1. The summed E-state index contributed by atoms with van der Waals surface area (Å²) in [6, 6.07) is 7.85. The maximum atomic E-state index is 11.8. The number of benzene rings is 1. The molecule has 0 aliphatic heterocycles. The van der Waals surface area contributed by atoms with E-state index in [2.05, 4.69) is 53.4 Å². The normalized spacial score (nSPS) is 11.3. The third kappa shape index (κ3) is 4.28. The number of primary amides is 1. The van der Waals surface area contributed by atoms with E-state index >= 15 is 0 Å². The number of nitrogens with two attached hydrogens (primary N) is 1. The first-order valence-corrected chi connectivity index (χ1v) is 9.12. The number of aryl methyl sites for hydroxylation is 1. The van der Waals surface area contributed by atoms with Gasteiger partial charge in [-0.1, -0.05) is 25.1 Å². The summed E-state index contributed by atoms with van der Waals surface area (Å²) in [6.45, 7) is 8.26. The Bertz CT molecular complexity index is 988. The lowest BCUT2D eigenvalue weighted by molar-refractivity contribution is 0.100.